The number of carbonyl (C=O) groups excluding carboxylic acids is 1. The van der Waals surface area contributed by atoms with Crippen LogP contribution in [-0.4, -0.2) is 22.5 Å². The first-order chi connectivity index (χ1) is 12.1. The average molecular weight is 408 g/mol. The zero-order valence-corrected chi connectivity index (χ0v) is 15.0. The van der Waals surface area contributed by atoms with Crippen molar-refractivity contribution in [3.8, 4) is 0 Å². The zero-order chi connectivity index (χ0) is 19.5. The molecule has 2 aromatic rings. The molecule has 26 heavy (non-hydrogen) atoms. The van der Waals surface area contributed by atoms with Crippen LogP contribution in [0.2, 0.25) is 10.0 Å². The van der Waals surface area contributed by atoms with Crippen LogP contribution < -0.4 is 16.0 Å². The van der Waals surface area contributed by atoms with E-state index in [0.717, 1.165) is 4.90 Å². The van der Waals surface area contributed by atoms with Crippen molar-refractivity contribution in [1.29, 1.82) is 0 Å². The maximum Gasteiger partial charge on any atom is 0.421 e. The van der Waals surface area contributed by atoms with Gasteiger partial charge in [0, 0.05) is 18.4 Å². The molecule has 1 heterocycles. The fraction of sp³-hybridized carbons (Fsp3) is 0.267. The lowest BCUT2D eigenvalue weighted by Gasteiger charge is -2.22. The summed E-state index contributed by atoms with van der Waals surface area (Å²) in [5.41, 5.74) is 4.46. The molecule has 0 radical (unpaired) electrons. The molecule has 0 atom stereocenters. The summed E-state index contributed by atoms with van der Waals surface area (Å²) >= 11 is 11.7. The van der Waals surface area contributed by atoms with E-state index in [9.17, 15) is 18.0 Å². The van der Waals surface area contributed by atoms with Crippen molar-refractivity contribution >= 4 is 46.7 Å². The van der Waals surface area contributed by atoms with Crippen LogP contribution in [0.3, 0.4) is 0 Å². The van der Waals surface area contributed by atoms with Crippen molar-refractivity contribution < 1.29 is 18.0 Å². The first-order valence-electron chi connectivity index (χ1n) is 7.36. The Morgan fingerprint density at radius 2 is 2.00 bits per heavy atom. The molecule has 11 heteroatoms. The fourth-order valence-electron chi connectivity index (χ4n) is 2.09. The van der Waals surface area contributed by atoms with Crippen LogP contribution in [0.1, 0.15) is 18.9 Å². The number of nitrogens with two attached hydrogens (primary N) is 1. The number of amides is 2. The third kappa shape index (κ3) is 4.67. The van der Waals surface area contributed by atoms with Crippen LogP contribution in [-0.2, 0) is 6.18 Å². The summed E-state index contributed by atoms with van der Waals surface area (Å²) in [5.74, 6) is -0.779. The van der Waals surface area contributed by atoms with Crippen LogP contribution >= 0.6 is 23.2 Å². The molecule has 0 bridgehead atoms. The molecule has 0 aliphatic carbocycles. The van der Waals surface area contributed by atoms with Gasteiger partial charge in [0.1, 0.15) is 5.56 Å². The van der Waals surface area contributed by atoms with Gasteiger partial charge in [-0.15, -0.1) is 0 Å². The van der Waals surface area contributed by atoms with E-state index in [0.29, 0.717) is 23.3 Å². The monoisotopic (exact) mass is 407 g/mol. The number of rotatable bonds is 5. The second-order valence-electron chi connectivity index (χ2n) is 5.17. The third-order valence-corrected chi connectivity index (χ3v) is 3.96. The average Bonchev–Trinajstić information content (AvgIpc) is 2.54. The van der Waals surface area contributed by atoms with E-state index in [4.69, 9.17) is 28.9 Å². The molecule has 1 aromatic carbocycles. The van der Waals surface area contributed by atoms with Crippen molar-refractivity contribution in [3.63, 3.8) is 0 Å². The highest BCUT2D eigenvalue weighted by atomic mass is 35.5. The van der Waals surface area contributed by atoms with Crippen LogP contribution in [0.15, 0.2) is 24.4 Å². The molecule has 0 spiro atoms. The van der Waals surface area contributed by atoms with Gasteiger partial charge in [-0.25, -0.2) is 9.78 Å². The lowest BCUT2D eigenvalue weighted by Crippen LogP contribution is -2.38. The number of hydrogen-bond acceptors (Lipinski definition) is 4. The maximum atomic E-state index is 13.3. The Morgan fingerprint density at radius 3 is 2.54 bits per heavy atom. The van der Waals surface area contributed by atoms with Gasteiger partial charge >= 0.3 is 12.2 Å². The van der Waals surface area contributed by atoms with E-state index in [2.05, 4.69) is 15.3 Å². The smallest absolute Gasteiger partial charge is 0.351 e. The molecule has 6 nitrogen and oxygen atoms in total. The first kappa shape index (κ1) is 20.1. The molecule has 2 rings (SSSR count). The number of nitrogens with one attached hydrogen (secondary N) is 1. The lowest BCUT2D eigenvalue weighted by atomic mass is 10.2. The van der Waals surface area contributed by atoms with E-state index in [1.165, 1.54) is 12.1 Å². The van der Waals surface area contributed by atoms with Crippen molar-refractivity contribution in [2.24, 2.45) is 5.73 Å². The Hall–Kier alpha value is -2.26. The van der Waals surface area contributed by atoms with Gasteiger partial charge < -0.3 is 11.1 Å². The molecular formula is C15H14Cl2F3N5O. The summed E-state index contributed by atoms with van der Waals surface area (Å²) in [7, 11) is 0. The van der Waals surface area contributed by atoms with Crippen molar-refractivity contribution in [1.82, 2.24) is 9.97 Å². The Labute approximate surface area is 157 Å². The number of anilines is 3. The number of urea groups is 1. The highest BCUT2D eigenvalue weighted by Gasteiger charge is 2.37. The van der Waals surface area contributed by atoms with Crippen molar-refractivity contribution in [3.05, 3.63) is 40.0 Å². The minimum Gasteiger partial charge on any atom is -0.351 e. The summed E-state index contributed by atoms with van der Waals surface area (Å²) < 4.78 is 39.8. The fourth-order valence-corrected chi connectivity index (χ4v) is 2.38. The highest BCUT2D eigenvalue weighted by molar-refractivity contribution is 6.42. The summed E-state index contributed by atoms with van der Waals surface area (Å²) in [6, 6.07) is 3.47. The highest BCUT2D eigenvalue weighted by Crippen LogP contribution is 2.36. The number of benzene rings is 1. The predicted molar refractivity (Wildman–Crippen MR) is 94.0 cm³/mol. The van der Waals surface area contributed by atoms with Gasteiger partial charge in [0.2, 0.25) is 5.95 Å². The predicted octanol–water partition coefficient (Wildman–Crippen LogP) is 4.84. The number of aromatic nitrogens is 2. The first-order valence-corrected chi connectivity index (χ1v) is 8.12. The van der Waals surface area contributed by atoms with Gasteiger partial charge in [-0.2, -0.15) is 18.2 Å². The molecule has 2 amide bonds. The molecule has 0 aliphatic heterocycles. The Bertz CT molecular complexity index is 816. The maximum absolute atomic E-state index is 13.3. The molecular weight excluding hydrogens is 394 g/mol. The van der Waals surface area contributed by atoms with E-state index in [1.54, 1.807) is 13.0 Å². The van der Waals surface area contributed by atoms with Crippen molar-refractivity contribution in [2.75, 3.05) is 16.8 Å². The zero-order valence-electron chi connectivity index (χ0n) is 13.4. The second-order valence-corrected chi connectivity index (χ2v) is 5.99. The molecule has 0 unspecified atom stereocenters. The van der Waals surface area contributed by atoms with Gasteiger partial charge in [-0.05, 0) is 24.6 Å². The topological polar surface area (TPSA) is 84.1 Å². The van der Waals surface area contributed by atoms with Crippen molar-refractivity contribution in [2.45, 2.75) is 19.5 Å². The SMILES string of the molecule is CCCN(C(N)=O)c1nc(Nc2ccc(Cl)c(Cl)c2)ncc1C(F)(F)F. The van der Waals surface area contributed by atoms with E-state index in [1.807, 2.05) is 0 Å². The minimum atomic E-state index is -4.75. The quantitative estimate of drug-likeness (QED) is 0.742. The number of nitrogens with zero attached hydrogens (tertiary/aromatic N) is 3. The van der Waals surface area contributed by atoms with Gasteiger partial charge in [-0.3, -0.25) is 4.90 Å². The number of carbonyl (C=O) groups is 1. The molecule has 1 aromatic heterocycles. The molecule has 0 aliphatic rings. The van der Waals surface area contributed by atoms with E-state index in [-0.39, 0.29) is 17.5 Å². The van der Waals surface area contributed by atoms with E-state index < -0.39 is 23.6 Å². The molecule has 0 fully saturated rings. The van der Waals surface area contributed by atoms with Gasteiger partial charge in [-0.1, -0.05) is 30.1 Å². The molecule has 140 valence electrons. The molecule has 0 saturated heterocycles. The Morgan fingerprint density at radius 1 is 1.31 bits per heavy atom. The normalized spacial score (nSPS) is 11.3. The summed E-state index contributed by atoms with van der Waals surface area (Å²) in [4.78, 5) is 19.8. The Balaban J connectivity index is 2.47. The number of halogens is 5. The lowest BCUT2D eigenvalue weighted by molar-refractivity contribution is -0.137. The summed E-state index contributed by atoms with van der Waals surface area (Å²) in [6.07, 6.45) is -3.77. The third-order valence-electron chi connectivity index (χ3n) is 3.22. The molecule has 3 N–H and O–H groups in total. The summed E-state index contributed by atoms with van der Waals surface area (Å²) in [5, 5.41) is 3.27. The van der Waals surface area contributed by atoms with Crippen LogP contribution in [0.5, 0.6) is 0 Å². The summed E-state index contributed by atoms with van der Waals surface area (Å²) in [6.45, 7) is 1.67. The number of hydrogen-bond donors (Lipinski definition) is 2. The minimum absolute atomic E-state index is 0.0262. The van der Waals surface area contributed by atoms with Crippen LogP contribution in [0.25, 0.3) is 0 Å². The second kappa shape index (κ2) is 7.96. The number of primary amides is 1. The number of alkyl halides is 3. The van der Waals surface area contributed by atoms with Crippen LogP contribution in [0, 0.1) is 0 Å². The largest absolute Gasteiger partial charge is 0.421 e. The Kier molecular flexibility index (Phi) is 6.14. The van der Waals surface area contributed by atoms with Gasteiger partial charge in [0.05, 0.1) is 10.0 Å². The van der Waals surface area contributed by atoms with Gasteiger partial charge in [0.15, 0.2) is 5.82 Å². The standard InChI is InChI=1S/C15H14Cl2F3N5O/c1-2-5-25(13(21)26)12-9(15(18,19)20)7-22-14(24-12)23-8-3-4-10(16)11(17)6-8/h3-4,6-7H,2,5H2,1H3,(H2,21,26)(H,22,23,24). The van der Waals surface area contributed by atoms with E-state index >= 15 is 0 Å². The van der Waals surface area contributed by atoms with Gasteiger partial charge in [0.25, 0.3) is 0 Å². The molecule has 0 saturated carbocycles. The van der Waals surface area contributed by atoms with Crippen LogP contribution in [0.4, 0.5) is 35.4 Å².